The first-order valence-electron chi connectivity index (χ1n) is 11.4. The second-order valence-corrected chi connectivity index (χ2v) is 8.60. The SMILES string of the molecule is COCCNC(=O)C(NC(=O)c1cccc(C)c1)C1CCN(C(=O)c2ccc(C)cc2)CC1. The molecule has 0 aromatic heterocycles. The molecule has 1 atom stereocenters. The van der Waals surface area contributed by atoms with E-state index in [1.54, 1.807) is 19.2 Å². The minimum atomic E-state index is -0.675. The Hall–Kier alpha value is -3.19. The Morgan fingerprint density at radius 2 is 1.70 bits per heavy atom. The van der Waals surface area contributed by atoms with Crippen LogP contribution in [0, 0.1) is 19.8 Å². The molecule has 2 aromatic carbocycles. The van der Waals surface area contributed by atoms with Crippen molar-refractivity contribution in [3.8, 4) is 0 Å². The second kappa shape index (κ2) is 11.6. The van der Waals surface area contributed by atoms with E-state index in [2.05, 4.69) is 10.6 Å². The predicted molar refractivity (Wildman–Crippen MR) is 127 cm³/mol. The Morgan fingerprint density at radius 1 is 1.00 bits per heavy atom. The number of nitrogens with zero attached hydrogens (tertiary/aromatic N) is 1. The van der Waals surface area contributed by atoms with Crippen molar-refractivity contribution in [1.82, 2.24) is 15.5 Å². The van der Waals surface area contributed by atoms with Crippen molar-refractivity contribution in [2.24, 2.45) is 5.92 Å². The minimum Gasteiger partial charge on any atom is -0.383 e. The van der Waals surface area contributed by atoms with Gasteiger partial charge in [-0.05, 0) is 56.9 Å². The van der Waals surface area contributed by atoms with Crippen molar-refractivity contribution < 1.29 is 19.1 Å². The highest BCUT2D eigenvalue weighted by atomic mass is 16.5. The minimum absolute atomic E-state index is 0.00153. The van der Waals surface area contributed by atoms with Gasteiger partial charge in [0.15, 0.2) is 0 Å². The average molecular weight is 452 g/mol. The quantitative estimate of drug-likeness (QED) is 0.604. The van der Waals surface area contributed by atoms with Gasteiger partial charge in [-0.2, -0.15) is 0 Å². The molecule has 0 spiro atoms. The lowest BCUT2D eigenvalue weighted by atomic mass is 9.88. The van der Waals surface area contributed by atoms with Gasteiger partial charge in [-0.3, -0.25) is 14.4 Å². The molecule has 1 saturated heterocycles. The number of piperidine rings is 1. The molecule has 7 nitrogen and oxygen atoms in total. The number of nitrogens with one attached hydrogen (secondary N) is 2. The smallest absolute Gasteiger partial charge is 0.253 e. The first-order valence-corrected chi connectivity index (χ1v) is 11.4. The van der Waals surface area contributed by atoms with Crippen LogP contribution in [0.15, 0.2) is 48.5 Å². The lowest BCUT2D eigenvalue weighted by Crippen LogP contribution is -2.54. The van der Waals surface area contributed by atoms with Crippen LogP contribution in [0.1, 0.15) is 44.7 Å². The van der Waals surface area contributed by atoms with E-state index in [9.17, 15) is 14.4 Å². The van der Waals surface area contributed by atoms with E-state index >= 15 is 0 Å². The van der Waals surface area contributed by atoms with Gasteiger partial charge in [0.25, 0.3) is 11.8 Å². The largest absolute Gasteiger partial charge is 0.383 e. The molecule has 1 fully saturated rings. The van der Waals surface area contributed by atoms with Crippen LogP contribution in [0.25, 0.3) is 0 Å². The monoisotopic (exact) mass is 451 g/mol. The van der Waals surface area contributed by atoms with E-state index in [-0.39, 0.29) is 23.6 Å². The van der Waals surface area contributed by atoms with E-state index in [1.165, 1.54) is 0 Å². The average Bonchev–Trinajstić information content (AvgIpc) is 2.82. The molecular weight excluding hydrogens is 418 g/mol. The van der Waals surface area contributed by atoms with E-state index < -0.39 is 6.04 Å². The van der Waals surface area contributed by atoms with Gasteiger partial charge in [0.1, 0.15) is 6.04 Å². The van der Waals surface area contributed by atoms with Crippen LogP contribution in [0.2, 0.25) is 0 Å². The number of amides is 3. The van der Waals surface area contributed by atoms with Crippen LogP contribution in [-0.2, 0) is 9.53 Å². The Kier molecular flexibility index (Phi) is 8.60. The summed E-state index contributed by atoms with van der Waals surface area (Å²) < 4.78 is 5.02. The molecule has 0 saturated carbocycles. The maximum atomic E-state index is 13.0. The van der Waals surface area contributed by atoms with Crippen LogP contribution < -0.4 is 10.6 Å². The number of carbonyl (C=O) groups is 3. The number of aryl methyl sites for hydroxylation is 2. The van der Waals surface area contributed by atoms with E-state index in [0.29, 0.717) is 50.2 Å². The molecular formula is C26H33N3O4. The third-order valence-electron chi connectivity index (χ3n) is 6.05. The fourth-order valence-electron chi connectivity index (χ4n) is 4.11. The zero-order valence-electron chi connectivity index (χ0n) is 19.6. The van der Waals surface area contributed by atoms with Crippen LogP contribution in [0.5, 0.6) is 0 Å². The molecule has 0 bridgehead atoms. The molecule has 7 heteroatoms. The highest BCUT2D eigenvalue weighted by molar-refractivity contribution is 5.98. The molecule has 0 radical (unpaired) electrons. The Balaban J connectivity index is 1.67. The Morgan fingerprint density at radius 3 is 2.33 bits per heavy atom. The summed E-state index contributed by atoms with van der Waals surface area (Å²) in [5.41, 5.74) is 3.28. The van der Waals surface area contributed by atoms with Gasteiger partial charge in [-0.15, -0.1) is 0 Å². The lowest BCUT2D eigenvalue weighted by molar-refractivity contribution is -0.124. The molecule has 1 heterocycles. The number of benzene rings is 2. The van der Waals surface area contributed by atoms with Crippen molar-refractivity contribution in [2.75, 3.05) is 33.4 Å². The molecule has 176 valence electrons. The highest BCUT2D eigenvalue weighted by Crippen LogP contribution is 2.23. The van der Waals surface area contributed by atoms with Gasteiger partial charge in [-0.1, -0.05) is 35.4 Å². The Labute approximate surface area is 195 Å². The summed E-state index contributed by atoms with van der Waals surface area (Å²) in [6.07, 6.45) is 1.27. The summed E-state index contributed by atoms with van der Waals surface area (Å²) in [6, 6.07) is 14.2. The first kappa shape index (κ1) is 24.5. The van der Waals surface area contributed by atoms with Crippen LogP contribution >= 0.6 is 0 Å². The number of carbonyl (C=O) groups excluding carboxylic acids is 3. The van der Waals surface area contributed by atoms with Gasteiger partial charge in [-0.25, -0.2) is 0 Å². The zero-order chi connectivity index (χ0) is 23.8. The molecule has 2 aromatic rings. The molecule has 3 amide bonds. The molecule has 3 rings (SSSR count). The summed E-state index contributed by atoms with van der Waals surface area (Å²) in [6.45, 7) is 5.76. The fourth-order valence-corrected chi connectivity index (χ4v) is 4.11. The van der Waals surface area contributed by atoms with E-state index in [0.717, 1.165) is 11.1 Å². The van der Waals surface area contributed by atoms with Crippen molar-refractivity contribution in [3.63, 3.8) is 0 Å². The second-order valence-electron chi connectivity index (χ2n) is 8.60. The molecule has 1 aliphatic rings. The summed E-state index contributed by atoms with van der Waals surface area (Å²) in [4.78, 5) is 40.5. The van der Waals surface area contributed by atoms with Crippen molar-refractivity contribution >= 4 is 17.7 Å². The Bertz CT molecular complexity index is 966. The number of ether oxygens (including phenoxy) is 1. The maximum absolute atomic E-state index is 13.0. The van der Waals surface area contributed by atoms with E-state index in [1.807, 2.05) is 55.1 Å². The van der Waals surface area contributed by atoms with Crippen LogP contribution in [0.3, 0.4) is 0 Å². The van der Waals surface area contributed by atoms with Crippen molar-refractivity contribution in [1.29, 1.82) is 0 Å². The molecule has 33 heavy (non-hydrogen) atoms. The first-order chi connectivity index (χ1) is 15.9. The lowest BCUT2D eigenvalue weighted by Gasteiger charge is -2.36. The molecule has 2 N–H and O–H groups in total. The standard InChI is InChI=1S/C26H33N3O4/c1-18-7-9-21(10-8-18)26(32)29-14-11-20(12-15-29)23(25(31)27-13-16-33-3)28-24(30)22-6-4-5-19(2)17-22/h4-10,17,20,23H,11-16H2,1-3H3,(H,27,31)(H,28,30). The summed E-state index contributed by atoms with van der Waals surface area (Å²) in [5, 5.41) is 5.80. The number of hydrogen-bond acceptors (Lipinski definition) is 4. The third kappa shape index (κ3) is 6.65. The summed E-state index contributed by atoms with van der Waals surface area (Å²) in [5.74, 6) is -0.568. The van der Waals surface area contributed by atoms with Crippen LogP contribution in [0.4, 0.5) is 0 Å². The number of rotatable bonds is 8. The topological polar surface area (TPSA) is 87.7 Å². The van der Waals surface area contributed by atoms with Gasteiger partial charge < -0.3 is 20.3 Å². The summed E-state index contributed by atoms with van der Waals surface area (Å²) >= 11 is 0. The zero-order valence-corrected chi connectivity index (χ0v) is 19.6. The third-order valence-corrected chi connectivity index (χ3v) is 6.05. The predicted octanol–water partition coefficient (Wildman–Crippen LogP) is 2.72. The highest BCUT2D eigenvalue weighted by Gasteiger charge is 2.34. The van der Waals surface area contributed by atoms with Gasteiger partial charge in [0.05, 0.1) is 6.61 Å². The van der Waals surface area contributed by atoms with Crippen LogP contribution in [-0.4, -0.2) is 62.0 Å². The normalized spacial score (nSPS) is 15.1. The van der Waals surface area contributed by atoms with Crippen molar-refractivity contribution in [3.05, 3.63) is 70.8 Å². The maximum Gasteiger partial charge on any atom is 0.253 e. The van der Waals surface area contributed by atoms with Gasteiger partial charge in [0.2, 0.25) is 5.91 Å². The van der Waals surface area contributed by atoms with Crippen molar-refractivity contribution in [2.45, 2.75) is 32.7 Å². The number of methoxy groups -OCH3 is 1. The number of likely N-dealkylation sites (tertiary alicyclic amines) is 1. The van der Waals surface area contributed by atoms with Gasteiger partial charge in [0, 0.05) is 37.9 Å². The van der Waals surface area contributed by atoms with Gasteiger partial charge >= 0.3 is 0 Å². The fraction of sp³-hybridized carbons (Fsp3) is 0.423. The summed E-state index contributed by atoms with van der Waals surface area (Å²) in [7, 11) is 1.57. The molecule has 1 aliphatic heterocycles. The molecule has 1 unspecified atom stereocenters. The van der Waals surface area contributed by atoms with E-state index in [4.69, 9.17) is 4.74 Å². The molecule has 0 aliphatic carbocycles. The number of hydrogen-bond donors (Lipinski definition) is 2.